The van der Waals surface area contributed by atoms with E-state index in [0.717, 1.165) is 12.5 Å². The summed E-state index contributed by atoms with van der Waals surface area (Å²) in [6.07, 6.45) is 6.65. The highest BCUT2D eigenvalue weighted by Gasteiger charge is 2.14. The van der Waals surface area contributed by atoms with Crippen LogP contribution in [0.3, 0.4) is 0 Å². The molecule has 0 saturated heterocycles. The fraction of sp³-hybridized carbons (Fsp3) is 0.750. The second-order valence-electron chi connectivity index (χ2n) is 5.19. The molecule has 0 bridgehead atoms. The summed E-state index contributed by atoms with van der Waals surface area (Å²) in [5.74, 6) is 7.76. The Morgan fingerprint density at radius 1 is 1.16 bits per heavy atom. The molecule has 1 aromatic rings. The van der Waals surface area contributed by atoms with Crippen LogP contribution in [0.5, 0.6) is 0 Å². The van der Waals surface area contributed by atoms with E-state index in [1.807, 2.05) is 19.0 Å². The molecular formula is C12H23N7. The smallest absolute Gasteiger partial charge is 0.243 e. The van der Waals surface area contributed by atoms with Crippen LogP contribution in [0.1, 0.15) is 32.1 Å². The Bertz CT molecular complexity index is 401. The second kappa shape index (κ2) is 6.51. The average molecular weight is 265 g/mol. The van der Waals surface area contributed by atoms with E-state index in [9.17, 15) is 0 Å². The minimum absolute atomic E-state index is 0.377. The van der Waals surface area contributed by atoms with Crippen molar-refractivity contribution >= 4 is 17.8 Å². The third kappa shape index (κ3) is 3.92. The Labute approximate surface area is 114 Å². The van der Waals surface area contributed by atoms with Crippen LogP contribution in [0, 0.1) is 5.92 Å². The third-order valence-electron chi connectivity index (χ3n) is 3.46. The number of aromatic nitrogens is 3. The van der Waals surface area contributed by atoms with Crippen molar-refractivity contribution in [2.75, 3.05) is 36.3 Å². The quantitative estimate of drug-likeness (QED) is 0.526. The summed E-state index contributed by atoms with van der Waals surface area (Å²) in [5, 5.41) is 3.26. The largest absolute Gasteiger partial charge is 0.354 e. The molecule has 0 atom stereocenters. The van der Waals surface area contributed by atoms with Crippen LogP contribution in [0.2, 0.25) is 0 Å². The summed E-state index contributed by atoms with van der Waals surface area (Å²) in [5.41, 5.74) is 2.47. The van der Waals surface area contributed by atoms with Crippen molar-refractivity contribution in [2.24, 2.45) is 11.8 Å². The van der Waals surface area contributed by atoms with Crippen molar-refractivity contribution in [2.45, 2.75) is 32.1 Å². The van der Waals surface area contributed by atoms with E-state index in [2.05, 4.69) is 25.7 Å². The minimum Gasteiger partial charge on any atom is -0.354 e. The van der Waals surface area contributed by atoms with Gasteiger partial charge in [-0.3, -0.25) is 5.43 Å². The van der Waals surface area contributed by atoms with Gasteiger partial charge in [-0.15, -0.1) is 0 Å². The maximum Gasteiger partial charge on any atom is 0.243 e. The Kier molecular flexibility index (Phi) is 4.73. The standard InChI is InChI=1S/C12H23N7/c1-19(2)12-16-10(15-11(17-12)18-13)14-8-7-9-5-3-4-6-9/h9H,3-8,13H2,1-2H3,(H2,14,15,16,17,18). The Hall–Kier alpha value is -1.63. The average Bonchev–Trinajstić information content (AvgIpc) is 2.91. The van der Waals surface area contributed by atoms with Gasteiger partial charge in [0, 0.05) is 20.6 Å². The van der Waals surface area contributed by atoms with E-state index in [1.54, 1.807) is 0 Å². The normalized spacial score (nSPS) is 15.5. The molecule has 1 aliphatic carbocycles. The van der Waals surface area contributed by atoms with Gasteiger partial charge in [0.15, 0.2) is 0 Å². The van der Waals surface area contributed by atoms with Crippen LogP contribution in [0.4, 0.5) is 17.8 Å². The summed E-state index contributed by atoms with van der Waals surface area (Å²) >= 11 is 0. The lowest BCUT2D eigenvalue weighted by atomic mass is 10.0. The number of nitrogens with one attached hydrogen (secondary N) is 2. The van der Waals surface area contributed by atoms with Crippen molar-refractivity contribution in [3.63, 3.8) is 0 Å². The third-order valence-corrected chi connectivity index (χ3v) is 3.46. The number of nitrogen functional groups attached to an aromatic ring is 1. The molecule has 1 heterocycles. The fourth-order valence-electron chi connectivity index (χ4n) is 2.40. The minimum atomic E-state index is 0.377. The van der Waals surface area contributed by atoms with Gasteiger partial charge in [0.25, 0.3) is 0 Å². The molecule has 106 valence electrons. The first-order valence-electron chi connectivity index (χ1n) is 6.83. The summed E-state index contributed by atoms with van der Waals surface area (Å²) in [7, 11) is 3.77. The van der Waals surface area contributed by atoms with E-state index in [4.69, 9.17) is 5.84 Å². The number of rotatable bonds is 6. The van der Waals surface area contributed by atoms with Crippen LogP contribution < -0.4 is 21.5 Å². The van der Waals surface area contributed by atoms with Crippen LogP contribution >= 0.6 is 0 Å². The van der Waals surface area contributed by atoms with E-state index in [1.165, 1.54) is 32.1 Å². The molecule has 19 heavy (non-hydrogen) atoms. The number of hydrogen-bond donors (Lipinski definition) is 3. The number of nitrogens with two attached hydrogens (primary N) is 1. The van der Waals surface area contributed by atoms with Gasteiger partial charge in [-0.2, -0.15) is 15.0 Å². The summed E-state index contributed by atoms with van der Waals surface area (Å²) in [6, 6.07) is 0. The van der Waals surface area contributed by atoms with Crippen molar-refractivity contribution in [3.05, 3.63) is 0 Å². The van der Waals surface area contributed by atoms with Crippen LogP contribution in [-0.4, -0.2) is 35.6 Å². The van der Waals surface area contributed by atoms with Crippen LogP contribution in [-0.2, 0) is 0 Å². The highest BCUT2D eigenvalue weighted by atomic mass is 15.4. The van der Waals surface area contributed by atoms with Gasteiger partial charge in [-0.1, -0.05) is 25.7 Å². The predicted molar refractivity (Wildman–Crippen MR) is 77.0 cm³/mol. The summed E-state index contributed by atoms with van der Waals surface area (Å²) in [4.78, 5) is 14.5. The zero-order chi connectivity index (χ0) is 13.7. The molecular weight excluding hydrogens is 242 g/mol. The van der Waals surface area contributed by atoms with Gasteiger partial charge in [0.1, 0.15) is 0 Å². The maximum absolute atomic E-state index is 5.37. The lowest BCUT2D eigenvalue weighted by molar-refractivity contribution is 0.518. The Morgan fingerprint density at radius 3 is 2.47 bits per heavy atom. The molecule has 7 nitrogen and oxygen atoms in total. The maximum atomic E-state index is 5.37. The highest BCUT2D eigenvalue weighted by molar-refractivity contribution is 5.42. The topological polar surface area (TPSA) is 92.0 Å². The summed E-state index contributed by atoms with van der Waals surface area (Å²) in [6.45, 7) is 0.894. The number of hydrazine groups is 1. The van der Waals surface area contributed by atoms with Gasteiger partial charge >= 0.3 is 0 Å². The van der Waals surface area contributed by atoms with Gasteiger partial charge in [-0.25, -0.2) is 5.84 Å². The van der Waals surface area contributed by atoms with Gasteiger partial charge in [0.05, 0.1) is 0 Å². The summed E-state index contributed by atoms with van der Waals surface area (Å²) < 4.78 is 0. The molecule has 7 heteroatoms. The molecule has 0 unspecified atom stereocenters. The molecule has 0 radical (unpaired) electrons. The van der Waals surface area contributed by atoms with Crippen molar-refractivity contribution < 1.29 is 0 Å². The van der Waals surface area contributed by atoms with Crippen molar-refractivity contribution in [1.82, 2.24) is 15.0 Å². The molecule has 0 aromatic carbocycles. The van der Waals surface area contributed by atoms with Crippen molar-refractivity contribution in [1.29, 1.82) is 0 Å². The van der Waals surface area contributed by atoms with Gasteiger partial charge in [-0.05, 0) is 12.3 Å². The number of nitrogens with zero attached hydrogens (tertiary/aromatic N) is 4. The molecule has 1 aromatic heterocycles. The molecule has 0 amide bonds. The fourth-order valence-corrected chi connectivity index (χ4v) is 2.40. The second-order valence-corrected chi connectivity index (χ2v) is 5.19. The lowest BCUT2D eigenvalue weighted by Gasteiger charge is -2.14. The van der Waals surface area contributed by atoms with Crippen LogP contribution in [0.15, 0.2) is 0 Å². The Balaban J connectivity index is 1.92. The Morgan fingerprint density at radius 2 is 1.84 bits per heavy atom. The molecule has 1 aliphatic rings. The zero-order valence-corrected chi connectivity index (χ0v) is 11.7. The molecule has 4 N–H and O–H groups in total. The first-order chi connectivity index (χ1) is 9.19. The molecule has 1 saturated carbocycles. The van der Waals surface area contributed by atoms with E-state index in [0.29, 0.717) is 17.8 Å². The zero-order valence-electron chi connectivity index (χ0n) is 11.7. The van der Waals surface area contributed by atoms with E-state index < -0.39 is 0 Å². The lowest BCUT2D eigenvalue weighted by Crippen LogP contribution is -2.19. The molecule has 0 spiro atoms. The number of hydrogen-bond acceptors (Lipinski definition) is 7. The van der Waals surface area contributed by atoms with Gasteiger partial charge < -0.3 is 10.2 Å². The molecule has 0 aliphatic heterocycles. The predicted octanol–water partition coefficient (Wildman–Crippen LogP) is 1.22. The first-order valence-corrected chi connectivity index (χ1v) is 6.83. The molecule has 1 fully saturated rings. The monoisotopic (exact) mass is 265 g/mol. The first kappa shape index (κ1) is 13.8. The van der Waals surface area contributed by atoms with Crippen LogP contribution in [0.25, 0.3) is 0 Å². The van der Waals surface area contributed by atoms with Gasteiger partial charge in [0.2, 0.25) is 17.8 Å². The van der Waals surface area contributed by atoms with E-state index in [-0.39, 0.29) is 0 Å². The van der Waals surface area contributed by atoms with Crippen molar-refractivity contribution in [3.8, 4) is 0 Å². The molecule has 2 rings (SSSR count). The number of anilines is 3. The highest BCUT2D eigenvalue weighted by Crippen LogP contribution is 2.27. The SMILES string of the molecule is CN(C)c1nc(NN)nc(NCCC2CCCC2)n1. The van der Waals surface area contributed by atoms with E-state index >= 15 is 0 Å².